The maximum Gasteiger partial charge on any atom is 0.0958 e. The lowest BCUT2D eigenvalue weighted by Gasteiger charge is -2.21. The molecule has 0 amide bonds. The van der Waals surface area contributed by atoms with E-state index in [4.69, 9.17) is 5.41 Å². The molecule has 0 aromatic carbocycles. The van der Waals surface area contributed by atoms with Crippen LogP contribution in [0.1, 0.15) is 33.1 Å². The van der Waals surface area contributed by atoms with Crippen LogP contribution in [0.2, 0.25) is 0 Å². The lowest BCUT2D eigenvalue weighted by molar-refractivity contribution is 0.366. The Morgan fingerprint density at radius 3 is 2.82 bits per heavy atom. The summed E-state index contributed by atoms with van der Waals surface area (Å²) in [5.74, 6) is 1.60. The summed E-state index contributed by atoms with van der Waals surface area (Å²) in [5, 5.41) is 7.60. The van der Waals surface area contributed by atoms with Crippen LogP contribution in [-0.4, -0.2) is 23.8 Å². The van der Waals surface area contributed by atoms with Gasteiger partial charge in [-0.3, -0.25) is 5.41 Å². The van der Waals surface area contributed by atoms with Crippen molar-refractivity contribution in [3.63, 3.8) is 0 Å². The molecule has 1 aliphatic heterocycles. The molecule has 1 fully saturated rings. The maximum atomic E-state index is 7.60. The summed E-state index contributed by atoms with van der Waals surface area (Å²) in [5.41, 5.74) is 0. The quantitative estimate of drug-likeness (QED) is 0.662. The Hall–Kier alpha value is -0.530. The summed E-state index contributed by atoms with van der Waals surface area (Å²) >= 11 is 0. The van der Waals surface area contributed by atoms with Gasteiger partial charge in [-0.1, -0.05) is 20.3 Å². The van der Waals surface area contributed by atoms with Gasteiger partial charge in [0.2, 0.25) is 0 Å². The van der Waals surface area contributed by atoms with Crippen LogP contribution in [0.15, 0.2) is 0 Å². The third-order valence-electron chi connectivity index (χ3n) is 2.45. The normalized spacial score (nSPS) is 20.9. The highest BCUT2D eigenvalue weighted by Crippen LogP contribution is 2.13. The van der Waals surface area contributed by atoms with Crippen LogP contribution in [-0.2, 0) is 0 Å². The van der Waals surface area contributed by atoms with Gasteiger partial charge in [-0.25, -0.2) is 0 Å². The zero-order valence-electron chi connectivity index (χ0n) is 7.56. The lowest BCUT2D eigenvalue weighted by Crippen LogP contribution is -2.28. The van der Waals surface area contributed by atoms with E-state index in [0.717, 1.165) is 31.3 Å². The molecule has 0 aromatic heterocycles. The second kappa shape index (κ2) is 3.74. The second-order valence-corrected chi connectivity index (χ2v) is 3.51. The zero-order valence-corrected chi connectivity index (χ0v) is 7.56. The van der Waals surface area contributed by atoms with E-state index >= 15 is 0 Å². The fraction of sp³-hybridized carbons (Fsp3) is 0.889. The van der Waals surface area contributed by atoms with Crippen LogP contribution >= 0.6 is 0 Å². The van der Waals surface area contributed by atoms with Crippen LogP contribution in [0.5, 0.6) is 0 Å². The SMILES string of the molecule is CCC(C)CN1CCCC1=N. The van der Waals surface area contributed by atoms with Crippen molar-refractivity contribution in [2.75, 3.05) is 13.1 Å². The van der Waals surface area contributed by atoms with E-state index in [1.165, 1.54) is 12.8 Å². The van der Waals surface area contributed by atoms with Gasteiger partial charge in [-0.15, -0.1) is 0 Å². The minimum atomic E-state index is 0.744. The average molecular weight is 154 g/mol. The smallest absolute Gasteiger partial charge is 0.0958 e. The molecule has 2 nitrogen and oxygen atoms in total. The molecule has 0 aromatic rings. The lowest BCUT2D eigenvalue weighted by atomic mass is 10.1. The van der Waals surface area contributed by atoms with E-state index in [-0.39, 0.29) is 0 Å². The first-order valence-corrected chi connectivity index (χ1v) is 4.56. The molecule has 0 saturated carbocycles. The first-order valence-electron chi connectivity index (χ1n) is 4.56. The zero-order chi connectivity index (χ0) is 8.27. The van der Waals surface area contributed by atoms with Gasteiger partial charge < -0.3 is 4.90 Å². The summed E-state index contributed by atoms with van der Waals surface area (Å²) in [7, 11) is 0. The van der Waals surface area contributed by atoms with Crippen LogP contribution in [0, 0.1) is 11.3 Å². The monoisotopic (exact) mass is 154 g/mol. The number of likely N-dealkylation sites (tertiary alicyclic amines) is 1. The molecule has 64 valence electrons. The predicted octanol–water partition coefficient (Wildman–Crippen LogP) is 2.11. The van der Waals surface area contributed by atoms with Crippen LogP contribution in [0.25, 0.3) is 0 Å². The molecule has 0 bridgehead atoms. The Balaban J connectivity index is 2.30. The maximum absolute atomic E-state index is 7.60. The molecule has 0 spiro atoms. The molecular weight excluding hydrogens is 136 g/mol. The van der Waals surface area contributed by atoms with E-state index in [2.05, 4.69) is 18.7 Å². The van der Waals surface area contributed by atoms with E-state index in [1.807, 2.05) is 0 Å². The molecule has 1 rings (SSSR count). The van der Waals surface area contributed by atoms with Gasteiger partial charge in [0.1, 0.15) is 0 Å². The van der Waals surface area contributed by atoms with Gasteiger partial charge in [0, 0.05) is 19.5 Å². The summed E-state index contributed by atoms with van der Waals surface area (Å²) < 4.78 is 0. The van der Waals surface area contributed by atoms with Crippen molar-refractivity contribution in [2.24, 2.45) is 5.92 Å². The van der Waals surface area contributed by atoms with Crippen molar-refractivity contribution in [3.05, 3.63) is 0 Å². The molecule has 1 N–H and O–H groups in total. The standard InChI is InChI=1S/C9H18N2/c1-3-8(2)7-11-6-4-5-9(11)10/h8,10H,3-7H2,1-2H3. The number of amidine groups is 1. The first kappa shape index (κ1) is 8.57. The summed E-state index contributed by atoms with van der Waals surface area (Å²) in [4.78, 5) is 2.22. The topological polar surface area (TPSA) is 27.1 Å². The predicted molar refractivity (Wildman–Crippen MR) is 48.0 cm³/mol. The third kappa shape index (κ3) is 2.21. The van der Waals surface area contributed by atoms with Gasteiger partial charge >= 0.3 is 0 Å². The van der Waals surface area contributed by atoms with E-state index in [9.17, 15) is 0 Å². The molecule has 11 heavy (non-hydrogen) atoms. The molecule has 1 atom stereocenters. The highest BCUT2D eigenvalue weighted by atomic mass is 15.2. The van der Waals surface area contributed by atoms with Gasteiger partial charge in [-0.2, -0.15) is 0 Å². The Bertz CT molecular complexity index is 142. The second-order valence-electron chi connectivity index (χ2n) is 3.51. The largest absolute Gasteiger partial charge is 0.360 e. The van der Waals surface area contributed by atoms with Crippen molar-refractivity contribution in [2.45, 2.75) is 33.1 Å². The van der Waals surface area contributed by atoms with Crippen molar-refractivity contribution >= 4 is 5.84 Å². The minimum Gasteiger partial charge on any atom is -0.360 e. The molecule has 0 radical (unpaired) electrons. The van der Waals surface area contributed by atoms with Gasteiger partial charge in [0.15, 0.2) is 0 Å². The fourth-order valence-electron chi connectivity index (χ4n) is 1.44. The summed E-state index contributed by atoms with van der Waals surface area (Å²) in [6.07, 6.45) is 3.41. The Kier molecular flexibility index (Phi) is 2.92. The van der Waals surface area contributed by atoms with Crippen molar-refractivity contribution in [1.29, 1.82) is 5.41 Å². The highest BCUT2D eigenvalue weighted by molar-refractivity contribution is 5.80. The van der Waals surface area contributed by atoms with Crippen molar-refractivity contribution in [1.82, 2.24) is 4.90 Å². The van der Waals surface area contributed by atoms with Gasteiger partial charge in [0.25, 0.3) is 0 Å². The Labute approximate surface area is 69.1 Å². The molecule has 1 unspecified atom stereocenters. The van der Waals surface area contributed by atoms with E-state index in [1.54, 1.807) is 0 Å². The van der Waals surface area contributed by atoms with Crippen LogP contribution in [0.3, 0.4) is 0 Å². The van der Waals surface area contributed by atoms with E-state index < -0.39 is 0 Å². The fourth-order valence-corrected chi connectivity index (χ4v) is 1.44. The summed E-state index contributed by atoms with van der Waals surface area (Å²) in [6, 6.07) is 0. The number of nitrogens with zero attached hydrogens (tertiary/aromatic N) is 1. The van der Waals surface area contributed by atoms with E-state index in [0.29, 0.717) is 0 Å². The van der Waals surface area contributed by atoms with Gasteiger partial charge in [-0.05, 0) is 12.3 Å². The molecule has 1 heterocycles. The number of hydrogen-bond donors (Lipinski definition) is 1. The average Bonchev–Trinajstić information content (AvgIpc) is 2.37. The Morgan fingerprint density at radius 1 is 1.64 bits per heavy atom. The number of hydrogen-bond acceptors (Lipinski definition) is 1. The third-order valence-corrected chi connectivity index (χ3v) is 2.45. The van der Waals surface area contributed by atoms with Crippen molar-refractivity contribution in [3.8, 4) is 0 Å². The van der Waals surface area contributed by atoms with Crippen LogP contribution in [0.4, 0.5) is 0 Å². The first-order chi connectivity index (χ1) is 5.24. The molecule has 1 aliphatic rings. The van der Waals surface area contributed by atoms with Gasteiger partial charge in [0.05, 0.1) is 5.84 Å². The molecular formula is C9H18N2. The molecule has 1 saturated heterocycles. The van der Waals surface area contributed by atoms with Crippen molar-refractivity contribution < 1.29 is 0 Å². The highest BCUT2D eigenvalue weighted by Gasteiger charge is 2.17. The molecule has 2 heteroatoms. The Morgan fingerprint density at radius 2 is 2.36 bits per heavy atom. The van der Waals surface area contributed by atoms with Crippen LogP contribution < -0.4 is 0 Å². The number of nitrogens with one attached hydrogen (secondary N) is 1. The summed E-state index contributed by atoms with van der Waals surface area (Å²) in [6.45, 7) is 6.68. The minimum absolute atomic E-state index is 0.744. The molecule has 0 aliphatic carbocycles. The number of rotatable bonds is 3.